The number of carboxylic acid groups (broad SMARTS) is 1. The van der Waals surface area contributed by atoms with Gasteiger partial charge < -0.3 is 20.3 Å². The summed E-state index contributed by atoms with van der Waals surface area (Å²) in [4.78, 5) is 10.8. The van der Waals surface area contributed by atoms with Gasteiger partial charge in [-0.3, -0.25) is 4.79 Å². The fraction of sp³-hybridized carbons (Fsp3) is 0.462. The third-order valence-electron chi connectivity index (χ3n) is 2.89. The molecule has 0 aliphatic rings. The van der Waals surface area contributed by atoms with Crippen LogP contribution in [0.15, 0.2) is 12.1 Å². The average Bonchev–Trinajstić information content (AvgIpc) is 2.35. The van der Waals surface area contributed by atoms with Crippen molar-refractivity contribution >= 4 is 5.97 Å². The topological polar surface area (TPSA) is 81.8 Å². The molecule has 0 aromatic heterocycles. The maximum Gasteiger partial charge on any atom is 0.304 e. The summed E-state index contributed by atoms with van der Waals surface area (Å²) < 4.78 is 10.5. The largest absolute Gasteiger partial charge is 0.496 e. The lowest BCUT2D eigenvalue weighted by Crippen LogP contribution is -2.17. The minimum absolute atomic E-state index is 0.0287. The van der Waals surface area contributed by atoms with Crippen LogP contribution in [0.5, 0.6) is 11.5 Å². The monoisotopic (exact) mass is 253 g/mol. The van der Waals surface area contributed by atoms with E-state index in [1.54, 1.807) is 20.3 Å². The van der Waals surface area contributed by atoms with Gasteiger partial charge in [-0.05, 0) is 31.2 Å². The SMILES string of the molecule is COc1cc(C(CN)CC(=O)O)c(OC)cc1C. The predicted octanol–water partition coefficient (Wildman–Crippen LogP) is 1.53. The normalized spacial score (nSPS) is 12.0. The highest BCUT2D eigenvalue weighted by molar-refractivity contribution is 5.68. The number of aliphatic carboxylic acids is 1. The summed E-state index contributed by atoms with van der Waals surface area (Å²) in [6.07, 6.45) is -0.0287. The zero-order valence-electron chi connectivity index (χ0n) is 10.9. The van der Waals surface area contributed by atoms with Gasteiger partial charge in [-0.2, -0.15) is 0 Å². The van der Waals surface area contributed by atoms with Gasteiger partial charge in [0.15, 0.2) is 0 Å². The quantitative estimate of drug-likeness (QED) is 0.803. The van der Waals surface area contributed by atoms with E-state index in [0.717, 1.165) is 11.1 Å². The summed E-state index contributed by atoms with van der Waals surface area (Å²) in [6, 6.07) is 3.63. The smallest absolute Gasteiger partial charge is 0.304 e. The van der Waals surface area contributed by atoms with Crippen LogP contribution in [0.3, 0.4) is 0 Å². The highest BCUT2D eigenvalue weighted by Gasteiger charge is 2.20. The lowest BCUT2D eigenvalue weighted by Gasteiger charge is -2.18. The number of carbonyl (C=O) groups is 1. The van der Waals surface area contributed by atoms with Crippen LogP contribution < -0.4 is 15.2 Å². The molecule has 1 unspecified atom stereocenters. The zero-order valence-corrected chi connectivity index (χ0v) is 10.9. The third-order valence-corrected chi connectivity index (χ3v) is 2.89. The number of hydrogen-bond donors (Lipinski definition) is 2. The Bertz CT molecular complexity index is 431. The van der Waals surface area contributed by atoms with E-state index in [1.165, 1.54) is 0 Å². The minimum Gasteiger partial charge on any atom is -0.496 e. The van der Waals surface area contributed by atoms with Crippen LogP contribution in [0.1, 0.15) is 23.5 Å². The van der Waals surface area contributed by atoms with Gasteiger partial charge in [0.2, 0.25) is 0 Å². The molecule has 100 valence electrons. The number of rotatable bonds is 6. The molecular weight excluding hydrogens is 234 g/mol. The van der Waals surface area contributed by atoms with Crippen molar-refractivity contribution in [3.05, 3.63) is 23.3 Å². The Morgan fingerprint density at radius 3 is 2.39 bits per heavy atom. The lowest BCUT2D eigenvalue weighted by molar-refractivity contribution is -0.137. The highest BCUT2D eigenvalue weighted by Crippen LogP contribution is 2.34. The van der Waals surface area contributed by atoms with E-state index in [1.807, 2.05) is 13.0 Å². The van der Waals surface area contributed by atoms with Gasteiger partial charge >= 0.3 is 5.97 Å². The number of methoxy groups -OCH3 is 2. The van der Waals surface area contributed by atoms with Crippen LogP contribution in [0, 0.1) is 6.92 Å². The third kappa shape index (κ3) is 3.13. The fourth-order valence-corrected chi connectivity index (χ4v) is 1.92. The molecule has 0 radical (unpaired) electrons. The Balaban J connectivity index is 3.22. The molecule has 1 rings (SSSR count). The van der Waals surface area contributed by atoms with E-state index in [0.29, 0.717) is 11.5 Å². The number of ether oxygens (including phenoxy) is 2. The number of aryl methyl sites for hydroxylation is 1. The molecule has 0 saturated carbocycles. The first kappa shape index (κ1) is 14.3. The molecule has 0 aliphatic heterocycles. The van der Waals surface area contributed by atoms with E-state index in [4.69, 9.17) is 20.3 Å². The molecule has 0 heterocycles. The Morgan fingerprint density at radius 2 is 1.94 bits per heavy atom. The second-order valence-corrected chi connectivity index (χ2v) is 4.09. The van der Waals surface area contributed by atoms with E-state index in [2.05, 4.69) is 0 Å². The van der Waals surface area contributed by atoms with Crippen molar-refractivity contribution in [1.29, 1.82) is 0 Å². The summed E-state index contributed by atoms with van der Waals surface area (Å²) in [6.45, 7) is 2.15. The van der Waals surface area contributed by atoms with Gasteiger partial charge in [0.05, 0.1) is 20.6 Å². The fourth-order valence-electron chi connectivity index (χ4n) is 1.92. The summed E-state index contributed by atoms with van der Waals surface area (Å²) >= 11 is 0. The molecule has 0 amide bonds. The summed E-state index contributed by atoms with van der Waals surface area (Å²) in [5, 5.41) is 8.89. The Hall–Kier alpha value is -1.75. The van der Waals surface area contributed by atoms with Crippen LogP contribution in [0.4, 0.5) is 0 Å². The predicted molar refractivity (Wildman–Crippen MR) is 68.3 cm³/mol. The van der Waals surface area contributed by atoms with Gasteiger partial charge in [-0.25, -0.2) is 0 Å². The number of carboxylic acids is 1. The van der Waals surface area contributed by atoms with Gasteiger partial charge in [0, 0.05) is 11.5 Å². The van der Waals surface area contributed by atoms with Crippen molar-refractivity contribution in [3.63, 3.8) is 0 Å². The first-order valence-electron chi connectivity index (χ1n) is 5.67. The van der Waals surface area contributed by atoms with Crippen LogP contribution in [0.25, 0.3) is 0 Å². The molecule has 0 saturated heterocycles. The highest BCUT2D eigenvalue weighted by atomic mass is 16.5. The van der Waals surface area contributed by atoms with E-state index in [-0.39, 0.29) is 18.9 Å². The lowest BCUT2D eigenvalue weighted by atomic mass is 9.93. The van der Waals surface area contributed by atoms with Crippen molar-refractivity contribution in [2.45, 2.75) is 19.3 Å². The van der Waals surface area contributed by atoms with Crippen molar-refractivity contribution < 1.29 is 19.4 Å². The molecule has 0 fully saturated rings. The molecule has 0 bridgehead atoms. The van der Waals surface area contributed by atoms with Gasteiger partial charge in [0.25, 0.3) is 0 Å². The minimum atomic E-state index is -0.882. The van der Waals surface area contributed by atoms with Crippen molar-refractivity contribution in [3.8, 4) is 11.5 Å². The molecule has 18 heavy (non-hydrogen) atoms. The van der Waals surface area contributed by atoms with E-state index in [9.17, 15) is 4.79 Å². The molecule has 0 spiro atoms. The van der Waals surface area contributed by atoms with Crippen LogP contribution in [-0.2, 0) is 4.79 Å². The number of nitrogens with two attached hydrogens (primary N) is 1. The van der Waals surface area contributed by atoms with Crippen molar-refractivity contribution in [2.24, 2.45) is 5.73 Å². The van der Waals surface area contributed by atoms with E-state index >= 15 is 0 Å². The Kier molecular flexibility index (Phi) is 4.97. The first-order valence-corrected chi connectivity index (χ1v) is 5.67. The Morgan fingerprint density at radius 1 is 1.33 bits per heavy atom. The molecule has 5 nitrogen and oxygen atoms in total. The Labute approximate surface area is 107 Å². The van der Waals surface area contributed by atoms with Gasteiger partial charge in [-0.15, -0.1) is 0 Å². The first-order chi connectivity index (χ1) is 8.53. The molecule has 5 heteroatoms. The molecule has 0 aliphatic carbocycles. The second kappa shape index (κ2) is 6.26. The van der Waals surface area contributed by atoms with E-state index < -0.39 is 5.97 Å². The average molecular weight is 253 g/mol. The van der Waals surface area contributed by atoms with Crippen LogP contribution in [-0.4, -0.2) is 31.8 Å². The van der Waals surface area contributed by atoms with Gasteiger partial charge in [0.1, 0.15) is 11.5 Å². The zero-order chi connectivity index (χ0) is 13.7. The summed E-state index contributed by atoms with van der Waals surface area (Å²) in [5.41, 5.74) is 7.35. The molecule has 3 N–H and O–H groups in total. The van der Waals surface area contributed by atoms with Crippen LogP contribution in [0.2, 0.25) is 0 Å². The summed E-state index contributed by atoms with van der Waals surface area (Å²) in [5.74, 6) is 0.179. The molecule has 1 aromatic carbocycles. The van der Waals surface area contributed by atoms with Gasteiger partial charge in [-0.1, -0.05) is 0 Å². The summed E-state index contributed by atoms with van der Waals surface area (Å²) in [7, 11) is 3.13. The maximum atomic E-state index is 10.8. The number of hydrogen-bond acceptors (Lipinski definition) is 4. The molecule has 1 atom stereocenters. The molecule has 1 aromatic rings. The van der Waals surface area contributed by atoms with Crippen molar-refractivity contribution in [1.82, 2.24) is 0 Å². The maximum absolute atomic E-state index is 10.8. The second-order valence-electron chi connectivity index (χ2n) is 4.09. The molecular formula is C13H19NO4. The van der Waals surface area contributed by atoms with Crippen molar-refractivity contribution in [2.75, 3.05) is 20.8 Å². The number of benzene rings is 1. The van der Waals surface area contributed by atoms with Crippen LogP contribution >= 0.6 is 0 Å². The standard InChI is InChI=1S/C13H19NO4/c1-8-4-12(18-3)10(6-11(8)17-2)9(7-14)5-13(15)16/h4,6,9H,5,7,14H2,1-3H3,(H,15,16).